The summed E-state index contributed by atoms with van der Waals surface area (Å²) >= 11 is 1.83. The molecule has 0 spiro atoms. The molecule has 0 radical (unpaired) electrons. The predicted octanol–water partition coefficient (Wildman–Crippen LogP) is 3.80. The zero-order valence-electron chi connectivity index (χ0n) is 18.5. The third-order valence-electron chi connectivity index (χ3n) is 5.26. The van der Waals surface area contributed by atoms with Gasteiger partial charge in [0, 0.05) is 55.2 Å². The van der Waals surface area contributed by atoms with E-state index < -0.39 is 0 Å². The number of carbonyl (C=O) groups excluding carboxylic acids is 1. The molecule has 2 aromatic rings. The van der Waals surface area contributed by atoms with Crippen molar-refractivity contribution in [2.75, 3.05) is 31.9 Å². The molecule has 7 heteroatoms. The highest BCUT2D eigenvalue weighted by Crippen LogP contribution is 2.16. The van der Waals surface area contributed by atoms with Crippen LogP contribution >= 0.6 is 11.8 Å². The number of piperidine rings is 1. The Morgan fingerprint density at radius 2 is 1.97 bits per heavy atom. The van der Waals surface area contributed by atoms with Crippen LogP contribution in [0.15, 0.2) is 63.0 Å². The van der Waals surface area contributed by atoms with Gasteiger partial charge in [-0.3, -0.25) is 9.79 Å². The van der Waals surface area contributed by atoms with E-state index in [2.05, 4.69) is 34.9 Å². The number of nitrogens with one attached hydrogen (secondary N) is 2. The van der Waals surface area contributed by atoms with Gasteiger partial charge in [0.05, 0.1) is 6.26 Å². The van der Waals surface area contributed by atoms with E-state index >= 15 is 0 Å². The van der Waals surface area contributed by atoms with Crippen molar-refractivity contribution < 1.29 is 9.21 Å². The fraction of sp³-hybridized carbons (Fsp3) is 0.500. The molecule has 1 saturated heterocycles. The van der Waals surface area contributed by atoms with Crippen LogP contribution in [0.1, 0.15) is 32.4 Å². The van der Waals surface area contributed by atoms with Crippen LogP contribution in [0.2, 0.25) is 0 Å². The summed E-state index contributed by atoms with van der Waals surface area (Å²) < 4.78 is 5.42. The molecular weight excluding hydrogens is 408 g/mol. The predicted molar refractivity (Wildman–Crippen MR) is 127 cm³/mol. The highest BCUT2D eigenvalue weighted by molar-refractivity contribution is 7.99. The van der Waals surface area contributed by atoms with Gasteiger partial charge in [-0.1, -0.05) is 32.0 Å². The highest BCUT2D eigenvalue weighted by Gasteiger charge is 2.24. The zero-order valence-corrected chi connectivity index (χ0v) is 19.4. The first-order chi connectivity index (χ1) is 15.1. The number of hydrogen-bond donors (Lipinski definition) is 2. The quantitative estimate of drug-likeness (QED) is 0.268. The highest BCUT2D eigenvalue weighted by atomic mass is 32.2. The number of carbonyl (C=O) groups is 1. The maximum Gasteiger partial charge on any atom is 0.225 e. The van der Waals surface area contributed by atoms with Gasteiger partial charge in [-0.25, -0.2) is 0 Å². The van der Waals surface area contributed by atoms with Gasteiger partial charge in [-0.05, 0) is 37.1 Å². The molecule has 2 heterocycles. The maximum absolute atomic E-state index is 12.2. The summed E-state index contributed by atoms with van der Waals surface area (Å²) in [5.74, 6) is 3.07. The van der Waals surface area contributed by atoms with Crippen LogP contribution in [0, 0.1) is 5.92 Å². The smallest absolute Gasteiger partial charge is 0.225 e. The van der Waals surface area contributed by atoms with Gasteiger partial charge in [0.2, 0.25) is 5.91 Å². The summed E-state index contributed by atoms with van der Waals surface area (Å²) in [6.07, 6.45) is 4.36. The molecule has 6 nitrogen and oxygen atoms in total. The summed E-state index contributed by atoms with van der Waals surface area (Å²) in [5.41, 5.74) is 0. The second-order valence-electron chi connectivity index (χ2n) is 8.05. The lowest BCUT2D eigenvalue weighted by Crippen LogP contribution is -2.50. The average Bonchev–Trinajstić information content (AvgIpc) is 3.31. The average molecular weight is 443 g/mol. The molecule has 0 bridgehead atoms. The van der Waals surface area contributed by atoms with Crippen LogP contribution in [0.3, 0.4) is 0 Å². The minimum absolute atomic E-state index is 0.0621. The number of hydrogen-bond acceptors (Lipinski definition) is 4. The van der Waals surface area contributed by atoms with Crippen LogP contribution in [0.25, 0.3) is 0 Å². The van der Waals surface area contributed by atoms with E-state index in [1.807, 2.05) is 48.7 Å². The van der Waals surface area contributed by atoms with Crippen molar-refractivity contribution in [3.63, 3.8) is 0 Å². The molecule has 1 aliphatic heterocycles. The summed E-state index contributed by atoms with van der Waals surface area (Å²) in [5, 5.41) is 7.06. The van der Waals surface area contributed by atoms with E-state index in [9.17, 15) is 4.79 Å². The molecule has 0 unspecified atom stereocenters. The SMILES string of the molecule is CC(C)C(=O)N1CCC(NC(=NCCc2ccco2)NCCSc2ccccc2)CC1. The molecule has 1 fully saturated rings. The van der Waals surface area contributed by atoms with Gasteiger partial charge in [-0.15, -0.1) is 11.8 Å². The number of benzene rings is 1. The first kappa shape index (κ1) is 23.3. The van der Waals surface area contributed by atoms with Crippen LogP contribution < -0.4 is 10.6 Å². The van der Waals surface area contributed by atoms with Gasteiger partial charge < -0.3 is 20.0 Å². The molecule has 0 atom stereocenters. The molecule has 0 saturated carbocycles. The first-order valence-electron chi connectivity index (χ1n) is 11.2. The van der Waals surface area contributed by atoms with Crippen LogP contribution in [0.5, 0.6) is 0 Å². The summed E-state index contributed by atoms with van der Waals surface area (Å²) in [6.45, 7) is 7.04. The third-order valence-corrected chi connectivity index (χ3v) is 6.27. The minimum atomic E-state index is 0.0621. The Morgan fingerprint density at radius 3 is 2.65 bits per heavy atom. The van der Waals surface area contributed by atoms with E-state index in [1.54, 1.807) is 6.26 Å². The van der Waals surface area contributed by atoms with Crippen LogP contribution in [-0.2, 0) is 11.2 Å². The lowest BCUT2D eigenvalue weighted by molar-refractivity contribution is -0.135. The fourth-order valence-corrected chi connectivity index (χ4v) is 4.33. The van der Waals surface area contributed by atoms with Gasteiger partial charge in [0.25, 0.3) is 0 Å². The second-order valence-corrected chi connectivity index (χ2v) is 9.21. The Balaban J connectivity index is 1.48. The fourth-order valence-electron chi connectivity index (χ4n) is 3.54. The molecule has 1 aliphatic rings. The number of rotatable bonds is 9. The molecule has 1 aromatic heterocycles. The number of thioether (sulfide) groups is 1. The maximum atomic E-state index is 12.2. The molecule has 3 rings (SSSR count). The number of nitrogens with zero attached hydrogens (tertiary/aromatic N) is 2. The van der Waals surface area contributed by atoms with Crippen molar-refractivity contribution in [3.8, 4) is 0 Å². The van der Waals surface area contributed by atoms with Gasteiger partial charge in [0.1, 0.15) is 5.76 Å². The Hall–Kier alpha value is -2.41. The molecule has 2 N–H and O–H groups in total. The number of likely N-dealkylation sites (tertiary alicyclic amines) is 1. The van der Waals surface area contributed by atoms with Crippen molar-refractivity contribution >= 4 is 23.6 Å². The van der Waals surface area contributed by atoms with Crippen molar-refractivity contribution in [3.05, 3.63) is 54.5 Å². The Morgan fingerprint density at radius 1 is 1.19 bits per heavy atom. The molecule has 1 aromatic carbocycles. The molecular formula is C24H34N4O2S. The van der Waals surface area contributed by atoms with Gasteiger partial charge in [0.15, 0.2) is 5.96 Å². The van der Waals surface area contributed by atoms with Crippen LogP contribution in [0.4, 0.5) is 0 Å². The van der Waals surface area contributed by atoms with E-state index in [1.165, 1.54) is 4.90 Å². The Labute approximate surface area is 189 Å². The van der Waals surface area contributed by atoms with Crippen molar-refractivity contribution in [1.29, 1.82) is 0 Å². The van der Waals surface area contributed by atoms with Crippen molar-refractivity contribution in [2.24, 2.45) is 10.9 Å². The lowest BCUT2D eigenvalue weighted by Gasteiger charge is -2.34. The minimum Gasteiger partial charge on any atom is -0.469 e. The van der Waals surface area contributed by atoms with E-state index in [0.717, 1.165) is 56.4 Å². The largest absolute Gasteiger partial charge is 0.469 e. The van der Waals surface area contributed by atoms with Crippen molar-refractivity contribution in [1.82, 2.24) is 15.5 Å². The van der Waals surface area contributed by atoms with Gasteiger partial charge in [-0.2, -0.15) is 0 Å². The second kappa shape index (κ2) is 12.4. The summed E-state index contributed by atoms with van der Waals surface area (Å²) in [4.78, 5) is 20.3. The molecule has 0 aliphatic carbocycles. The van der Waals surface area contributed by atoms with Crippen LogP contribution in [-0.4, -0.2) is 54.7 Å². The Bertz CT molecular complexity index is 800. The summed E-state index contributed by atoms with van der Waals surface area (Å²) in [7, 11) is 0. The van der Waals surface area contributed by atoms with E-state index in [4.69, 9.17) is 9.41 Å². The topological polar surface area (TPSA) is 69.9 Å². The molecule has 31 heavy (non-hydrogen) atoms. The molecule has 1 amide bonds. The normalized spacial score (nSPS) is 15.3. The van der Waals surface area contributed by atoms with E-state index in [-0.39, 0.29) is 11.8 Å². The third kappa shape index (κ3) is 7.98. The van der Waals surface area contributed by atoms with Crippen molar-refractivity contribution in [2.45, 2.75) is 44.0 Å². The number of guanidine groups is 1. The number of aliphatic imine (C=N–C) groups is 1. The van der Waals surface area contributed by atoms with E-state index in [0.29, 0.717) is 12.6 Å². The summed E-state index contributed by atoms with van der Waals surface area (Å²) in [6, 6.07) is 14.6. The number of furan rings is 1. The standard InChI is InChI=1S/C24H34N4O2S/c1-19(2)23(29)28-15-11-20(12-16-28)27-24(25-13-10-21-7-6-17-30-21)26-14-18-31-22-8-4-3-5-9-22/h3-9,17,19-20H,10-16,18H2,1-2H3,(H2,25,26,27). The first-order valence-corrected chi connectivity index (χ1v) is 12.1. The molecule has 168 valence electrons. The lowest BCUT2D eigenvalue weighted by atomic mass is 10.0. The van der Waals surface area contributed by atoms with Gasteiger partial charge >= 0.3 is 0 Å². The Kier molecular flexibility index (Phi) is 9.34. The zero-order chi connectivity index (χ0) is 21.9. The number of amides is 1. The monoisotopic (exact) mass is 442 g/mol.